The fraction of sp³-hybridized carbons (Fsp3) is 0.217. The first-order chi connectivity index (χ1) is 14.1. The number of pyridine rings is 1. The van der Waals surface area contributed by atoms with E-state index in [1.165, 1.54) is 24.0 Å². The molecule has 148 valence electrons. The number of aromatic nitrogens is 1. The molecule has 0 saturated carbocycles. The van der Waals surface area contributed by atoms with E-state index in [0.29, 0.717) is 18.8 Å². The fourth-order valence-corrected chi connectivity index (χ4v) is 3.63. The van der Waals surface area contributed by atoms with E-state index < -0.39 is 5.97 Å². The molecule has 0 aliphatic carbocycles. The lowest BCUT2D eigenvalue weighted by molar-refractivity contribution is 0.0513. The number of rotatable bonds is 6. The third kappa shape index (κ3) is 4.07. The first kappa shape index (κ1) is 19.0. The Labute approximate surface area is 169 Å². The van der Waals surface area contributed by atoms with Gasteiger partial charge in [-0.15, -0.1) is 0 Å². The molecule has 2 aromatic carbocycles. The van der Waals surface area contributed by atoms with Gasteiger partial charge in [0.15, 0.2) is 0 Å². The maximum atomic E-state index is 11.4. The van der Waals surface area contributed by atoms with Gasteiger partial charge >= 0.3 is 5.97 Å². The van der Waals surface area contributed by atoms with Crippen LogP contribution in [0.25, 0.3) is 0 Å². The highest BCUT2D eigenvalue weighted by molar-refractivity contribution is 5.93. The Hall–Kier alpha value is -3.38. The van der Waals surface area contributed by atoms with E-state index >= 15 is 0 Å². The van der Waals surface area contributed by atoms with Gasteiger partial charge in [0.2, 0.25) is 0 Å². The van der Waals surface area contributed by atoms with Crippen molar-refractivity contribution in [2.75, 3.05) is 30.4 Å². The summed E-state index contributed by atoms with van der Waals surface area (Å²) >= 11 is 0. The number of carboxylic acids is 1. The van der Waals surface area contributed by atoms with Crippen LogP contribution in [-0.2, 0) is 11.2 Å². The molecule has 3 aromatic rings. The molecule has 6 nitrogen and oxygen atoms in total. The maximum Gasteiger partial charge on any atom is 0.337 e. The summed E-state index contributed by atoms with van der Waals surface area (Å²) in [6.07, 6.45) is 3.73. The Kier molecular flexibility index (Phi) is 5.44. The van der Waals surface area contributed by atoms with Crippen molar-refractivity contribution in [3.63, 3.8) is 0 Å². The zero-order valence-electron chi connectivity index (χ0n) is 16.2. The summed E-state index contributed by atoms with van der Waals surface area (Å²) < 4.78 is 5.97. The molecule has 2 heterocycles. The normalized spacial score (nSPS) is 15.4. The number of para-hydroxylation sites is 1. The number of carboxylic acid groups (broad SMARTS) is 1. The number of carbonyl (C=O) groups is 1. The number of hydrogen-bond acceptors (Lipinski definition) is 5. The van der Waals surface area contributed by atoms with E-state index in [4.69, 9.17) is 4.74 Å². The molecular weight excluding hydrogens is 366 g/mol. The van der Waals surface area contributed by atoms with Gasteiger partial charge in [-0.05, 0) is 47.9 Å². The molecule has 0 bridgehead atoms. The SMILES string of the molecule is CN(c1ccccc1)c1ccc2c(c1)CCO[C@H]2CNc1cnccc1C(=O)O. The number of ether oxygens (including phenoxy) is 1. The quantitative estimate of drug-likeness (QED) is 0.656. The van der Waals surface area contributed by atoms with E-state index in [1.807, 2.05) is 18.2 Å². The molecule has 1 aliphatic rings. The van der Waals surface area contributed by atoms with Crippen LogP contribution >= 0.6 is 0 Å². The lowest BCUT2D eigenvalue weighted by Crippen LogP contribution is -2.24. The number of anilines is 3. The zero-order chi connectivity index (χ0) is 20.2. The summed E-state index contributed by atoms with van der Waals surface area (Å²) in [5.74, 6) is -0.978. The summed E-state index contributed by atoms with van der Waals surface area (Å²) in [7, 11) is 2.06. The Morgan fingerprint density at radius 2 is 2.03 bits per heavy atom. The van der Waals surface area contributed by atoms with Crippen molar-refractivity contribution >= 4 is 23.0 Å². The largest absolute Gasteiger partial charge is 0.478 e. The smallest absolute Gasteiger partial charge is 0.337 e. The fourth-order valence-electron chi connectivity index (χ4n) is 3.63. The van der Waals surface area contributed by atoms with Gasteiger partial charge in [-0.3, -0.25) is 4.98 Å². The molecule has 2 N–H and O–H groups in total. The topological polar surface area (TPSA) is 74.7 Å². The molecule has 0 amide bonds. The second-order valence-corrected chi connectivity index (χ2v) is 6.99. The number of aromatic carboxylic acids is 1. The van der Waals surface area contributed by atoms with Crippen LogP contribution in [-0.4, -0.2) is 36.3 Å². The predicted molar refractivity (Wildman–Crippen MR) is 113 cm³/mol. The summed E-state index contributed by atoms with van der Waals surface area (Å²) in [5.41, 5.74) is 5.36. The maximum absolute atomic E-state index is 11.4. The van der Waals surface area contributed by atoms with Gasteiger partial charge in [0.05, 0.1) is 30.2 Å². The average molecular weight is 389 g/mol. The van der Waals surface area contributed by atoms with Crippen LogP contribution in [0.15, 0.2) is 67.0 Å². The molecule has 0 spiro atoms. The van der Waals surface area contributed by atoms with Gasteiger partial charge in [-0.1, -0.05) is 24.3 Å². The predicted octanol–water partition coefficient (Wildman–Crippen LogP) is 4.27. The lowest BCUT2D eigenvalue weighted by Gasteiger charge is -2.29. The van der Waals surface area contributed by atoms with Crippen molar-refractivity contribution in [3.05, 3.63) is 83.7 Å². The van der Waals surface area contributed by atoms with E-state index in [1.54, 1.807) is 0 Å². The summed E-state index contributed by atoms with van der Waals surface area (Å²) in [4.78, 5) is 17.6. The number of benzene rings is 2. The van der Waals surface area contributed by atoms with E-state index in [-0.39, 0.29) is 11.7 Å². The highest BCUT2D eigenvalue weighted by Gasteiger charge is 2.22. The molecule has 4 rings (SSSR count). The third-order valence-corrected chi connectivity index (χ3v) is 5.22. The minimum atomic E-state index is -0.978. The molecule has 0 fully saturated rings. The summed E-state index contributed by atoms with van der Waals surface area (Å²) in [6.45, 7) is 1.11. The molecule has 29 heavy (non-hydrogen) atoms. The van der Waals surface area contributed by atoms with Crippen LogP contribution in [0.3, 0.4) is 0 Å². The molecule has 6 heteroatoms. The Morgan fingerprint density at radius 1 is 1.21 bits per heavy atom. The lowest BCUT2D eigenvalue weighted by atomic mass is 9.96. The van der Waals surface area contributed by atoms with Crippen LogP contribution in [0.1, 0.15) is 27.6 Å². The highest BCUT2D eigenvalue weighted by Crippen LogP contribution is 2.32. The molecular formula is C23H23N3O3. The Bertz CT molecular complexity index is 1010. The van der Waals surface area contributed by atoms with Gasteiger partial charge < -0.3 is 20.1 Å². The minimum Gasteiger partial charge on any atom is -0.478 e. The third-order valence-electron chi connectivity index (χ3n) is 5.22. The standard InChI is InChI=1S/C23H23N3O3/c1-26(17-5-3-2-4-6-17)18-7-8-19-16(13-18)10-12-29-22(19)15-25-21-14-24-11-9-20(21)23(27)28/h2-9,11,13-14,22,25H,10,12,15H2,1H3,(H,27,28)/t22-/m0/s1. The van der Waals surface area contributed by atoms with Crippen LogP contribution in [0, 0.1) is 0 Å². The van der Waals surface area contributed by atoms with E-state index in [0.717, 1.165) is 23.4 Å². The molecule has 0 unspecified atom stereocenters. The van der Waals surface area contributed by atoms with Crippen LogP contribution in [0.2, 0.25) is 0 Å². The van der Waals surface area contributed by atoms with Gasteiger partial charge in [0, 0.05) is 31.2 Å². The van der Waals surface area contributed by atoms with Crippen molar-refractivity contribution in [3.8, 4) is 0 Å². The number of fused-ring (bicyclic) bond motifs is 1. The van der Waals surface area contributed by atoms with E-state index in [9.17, 15) is 9.90 Å². The van der Waals surface area contributed by atoms with E-state index in [2.05, 4.69) is 52.6 Å². The van der Waals surface area contributed by atoms with Crippen molar-refractivity contribution in [2.24, 2.45) is 0 Å². The van der Waals surface area contributed by atoms with Crippen LogP contribution in [0.5, 0.6) is 0 Å². The first-order valence-corrected chi connectivity index (χ1v) is 9.58. The molecule has 0 saturated heterocycles. The molecule has 0 radical (unpaired) electrons. The minimum absolute atomic E-state index is 0.142. The van der Waals surface area contributed by atoms with Gasteiger partial charge in [-0.25, -0.2) is 4.79 Å². The van der Waals surface area contributed by atoms with Crippen LogP contribution in [0.4, 0.5) is 17.1 Å². The number of nitrogens with one attached hydrogen (secondary N) is 1. The zero-order valence-corrected chi connectivity index (χ0v) is 16.2. The summed E-state index contributed by atoms with van der Waals surface area (Å²) in [5, 5.41) is 12.5. The number of nitrogens with zero attached hydrogens (tertiary/aromatic N) is 2. The monoisotopic (exact) mass is 389 g/mol. The Balaban J connectivity index is 1.53. The number of hydrogen-bond donors (Lipinski definition) is 2. The van der Waals surface area contributed by atoms with Gasteiger partial charge in [-0.2, -0.15) is 0 Å². The van der Waals surface area contributed by atoms with Crippen molar-refractivity contribution in [1.82, 2.24) is 4.98 Å². The highest BCUT2D eigenvalue weighted by atomic mass is 16.5. The van der Waals surface area contributed by atoms with Crippen molar-refractivity contribution in [1.29, 1.82) is 0 Å². The van der Waals surface area contributed by atoms with Gasteiger partial charge in [0.25, 0.3) is 0 Å². The second-order valence-electron chi connectivity index (χ2n) is 6.99. The Morgan fingerprint density at radius 3 is 2.83 bits per heavy atom. The molecule has 1 aliphatic heterocycles. The van der Waals surface area contributed by atoms with Crippen molar-refractivity contribution in [2.45, 2.75) is 12.5 Å². The second kappa shape index (κ2) is 8.32. The van der Waals surface area contributed by atoms with Crippen molar-refractivity contribution < 1.29 is 14.6 Å². The average Bonchev–Trinajstić information content (AvgIpc) is 2.77. The summed E-state index contributed by atoms with van der Waals surface area (Å²) in [6, 6.07) is 18.2. The molecule has 1 aromatic heterocycles. The van der Waals surface area contributed by atoms with Crippen LogP contribution < -0.4 is 10.2 Å². The first-order valence-electron chi connectivity index (χ1n) is 9.58. The van der Waals surface area contributed by atoms with Gasteiger partial charge in [0.1, 0.15) is 0 Å². The molecule has 1 atom stereocenters.